The molecule has 12 N–H and O–H groups in total. The van der Waals surface area contributed by atoms with Crippen molar-refractivity contribution < 1.29 is 49.8 Å². The third-order valence-corrected chi connectivity index (χ3v) is 8.12. The van der Waals surface area contributed by atoms with Crippen LogP contribution in [0.5, 0.6) is 0 Å². The summed E-state index contributed by atoms with van der Waals surface area (Å²) in [6.07, 6.45) is -0.472. The maximum absolute atomic E-state index is 11.9. The molecule has 50 heavy (non-hydrogen) atoms. The maximum atomic E-state index is 11.9. The number of allylic oxidation sites excluding steroid dienone is 2. The third-order valence-electron chi connectivity index (χ3n) is 8.12. The lowest BCUT2D eigenvalue weighted by molar-refractivity contribution is -0.141. The molecule has 3 aromatic rings. The molecule has 5 rings (SSSR count). The van der Waals surface area contributed by atoms with Gasteiger partial charge >= 0.3 is 23.9 Å². The molecule has 16 nitrogen and oxygen atoms in total. The molecule has 5 heterocycles. The fraction of sp³-hybridized carbons (Fsp3) is 0.294. The van der Waals surface area contributed by atoms with Crippen molar-refractivity contribution in [3.63, 3.8) is 0 Å². The molecule has 0 spiro atoms. The second-order valence-corrected chi connectivity index (χ2v) is 11.8. The number of nitrogens with two attached hydrogens (primary N) is 2. The number of aromatic amines is 2. The molecular formula is C34H40N6O10. The summed E-state index contributed by atoms with van der Waals surface area (Å²) in [5.41, 5.74) is 18.7. The Balaban J connectivity index is 0.000000352. The van der Waals surface area contributed by atoms with Crippen LogP contribution in [0.3, 0.4) is 0 Å². The van der Waals surface area contributed by atoms with Crippen LogP contribution in [-0.4, -0.2) is 98.7 Å². The van der Waals surface area contributed by atoms with Crippen molar-refractivity contribution in [3.8, 4) is 0 Å². The second-order valence-electron chi connectivity index (χ2n) is 11.8. The van der Waals surface area contributed by atoms with Gasteiger partial charge in [-0.25, -0.2) is 19.6 Å². The standard InChI is InChI=1S/C26H22N4O4.2C4H9NO3/c1-11-13(3)21-9-22-14(4)12(2)20(30-22)8-16-6-18(26(33)34)24(28-16)10-23-17(25(31)32)5-15(27-23)7-19(11)29-21;2*1-2(6)3(5)4(7)8/h5-10,27,30H,1-4H3,(H,31,32)(H,33,34);2*2-3,6H,5H2,1H3,(H,7,8)/t;2*2-,3+/m.11/s1. The number of aryl methyl sites for hydroxylation is 2. The minimum Gasteiger partial charge on any atom is -0.480 e. The van der Waals surface area contributed by atoms with Crippen molar-refractivity contribution in [1.29, 1.82) is 0 Å². The number of aliphatic carboxylic acids is 3. The molecule has 3 aromatic heterocycles. The van der Waals surface area contributed by atoms with Gasteiger partial charge in [0.1, 0.15) is 12.1 Å². The van der Waals surface area contributed by atoms with Crippen LogP contribution in [0, 0.1) is 13.8 Å². The smallest absolute Gasteiger partial charge is 0.337 e. The van der Waals surface area contributed by atoms with Gasteiger partial charge in [0.2, 0.25) is 0 Å². The minimum atomic E-state index is -1.18. The molecule has 2 aliphatic heterocycles. The van der Waals surface area contributed by atoms with Crippen molar-refractivity contribution >= 4 is 68.7 Å². The van der Waals surface area contributed by atoms with E-state index in [2.05, 4.69) is 15.0 Å². The summed E-state index contributed by atoms with van der Waals surface area (Å²) in [6, 6.07) is 6.24. The summed E-state index contributed by atoms with van der Waals surface area (Å²) in [7, 11) is 0. The number of aliphatic hydroxyl groups excluding tert-OH is 2. The zero-order valence-electron chi connectivity index (χ0n) is 28.1. The van der Waals surface area contributed by atoms with E-state index < -0.39 is 48.2 Å². The number of fused-ring (bicyclic) bond motifs is 8. The number of carboxylic acids is 4. The molecule has 0 saturated heterocycles. The Kier molecular flexibility index (Phi) is 12.2. The van der Waals surface area contributed by atoms with Gasteiger partial charge in [-0.05, 0) is 100 Å². The summed E-state index contributed by atoms with van der Waals surface area (Å²) < 4.78 is 0. The van der Waals surface area contributed by atoms with E-state index in [1.807, 2.05) is 33.8 Å². The second kappa shape index (κ2) is 15.7. The quantitative estimate of drug-likeness (QED) is 0.178. The molecule has 0 fully saturated rings. The number of carboxylic acid groups (broad SMARTS) is 4. The first-order valence-corrected chi connectivity index (χ1v) is 15.2. The van der Waals surface area contributed by atoms with Gasteiger partial charge in [-0.3, -0.25) is 9.59 Å². The van der Waals surface area contributed by atoms with E-state index >= 15 is 0 Å². The number of rotatable bonds is 6. The molecule has 0 aromatic carbocycles. The van der Waals surface area contributed by atoms with Crippen molar-refractivity contribution in [2.45, 2.75) is 65.8 Å². The molecule has 266 valence electrons. The molecule has 0 amide bonds. The normalized spacial score (nSPS) is 14.6. The van der Waals surface area contributed by atoms with Crippen LogP contribution in [-0.2, 0) is 14.4 Å². The van der Waals surface area contributed by atoms with E-state index in [1.165, 1.54) is 32.1 Å². The summed E-state index contributed by atoms with van der Waals surface area (Å²) in [4.78, 5) is 59.3. The van der Waals surface area contributed by atoms with Gasteiger partial charge < -0.3 is 52.1 Å². The Bertz CT molecular complexity index is 2050. The van der Waals surface area contributed by atoms with Gasteiger partial charge in [0, 0.05) is 16.6 Å². The molecule has 16 heteroatoms. The molecule has 0 saturated carbocycles. The molecular weight excluding hydrogens is 652 g/mol. The van der Waals surface area contributed by atoms with Gasteiger partial charge in [-0.1, -0.05) is 0 Å². The van der Waals surface area contributed by atoms with Crippen molar-refractivity contribution in [2.24, 2.45) is 11.5 Å². The van der Waals surface area contributed by atoms with E-state index in [9.17, 15) is 29.4 Å². The van der Waals surface area contributed by atoms with Crippen LogP contribution < -0.4 is 11.5 Å². The van der Waals surface area contributed by atoms with Crippen molar-refractivity contribution in [1.82, 2.24) is 19.9 Å². The molecule has 4 atom stereocenters. The lowest BCUT2D eigenvalue weighted by Crippen LogP contribution is -2.39. The van der Waals surface area contributed by atoms with E-state index in [1.54, 1.807) is 12.1 Å². The Hall–Kier alpha value is -5.68. The summed E-state index contributed by atoms with van der Waals surface area (Å²) in [5, 5.41) is 52.6. The highest BCUT2D eigenvalue weighted by Gasteiger charge is 2.20. The maximum Gasteiger partial charge on any atom is 0.337 e. The number of carbonyl (C=O) groups is 4. The Morgan fingerprint density at radius 3 is 1.56 bits per heavy atom. The SMILES string of the molecule is CC1=C(C)c2cc3[nH]c(cc4nc(cc5[nH]c(cc1n2)cc5C(=O)O)C(C(=O)O)=C4)c(C)c3C.C[C@@H](O)[C@H](N)C(=O)O.C[C@@H](O)[C@H](N)C(=O)O. The number of nitrogens with zero attached hydrogens (tertiary/aromatic N) is 2. The van der Waals surface area contributed by atoms with Crippen LogP contribution in [0.25, 0.3) is 44.9 Å². The van der Waals surface area contributed by atoms with Gasteiger partial charge in [-0.2, -0.15) is 0 Å². The largest absolute Gasteiger partial charge is 0.480 e. The van der Waals surface area contributed by atoms with E-state index in [0.717, 1.165) is 44.7 Å². The Labute approximate surface area is 285 Å². The third kappa shape index (κ3) is 8.86. The number of hydrogen-bond acceptors (Lipinski definition) is 10. The number of H-pyrrole nitrogens is 2. The first-order chi connectivity index (χ1) is 23.2. The minimum absolute atomic E-state index is 0.00635. The van der Waals surface area contributed by atoms with Crippen LogP contribution in [0.1, 0.15) is 72.0 Å². The highest BCUT2D eigenvalue weighted by Crippen LogP contribution is 2.31. The average molecular weight is 693 g/mol. The van der Waals surface area contributed by atoms with Crippen LogP contribution in [0.15, 0.2) is 30.3 Å². The topological polar surface area (TPSA) is 299 Å². The highest BCUT2D eigenvalue weighted by molar-refractivity contribution is 6.21. The number of nitrogens with one attached hydrogen (secondary N) is 2. The van der Waals surface area contributed by atoms with Crippen molar-refractivity contribution in [2.75, 3.05) is 0 Å². The van der Waals surface area contributed by atoms with E-state index in [0.29, 0.717) is 11.2 Å². The Morgan fingerprint density at radius 2 is 1.12 bits per heavy atom. The predicted octanol–water partition coefficient (Wildman–Crippen LogP) is 2.76. The summed E-state index contributed by atoms with van der Waals surface area (Å²) in [5.74, 6) is -4.63. The predicted molar refractivity (Wildman–Crippen MR) is 186 cm³/mol. The van der Waals surface area contributed by atoms with Gasteiger partial charge in [-0.15, -0.1) is 0 Å². The Morgan fingerprint density at radius 1 is 0.640 bits per heavy atom. The lowest BCUT2D eigenvalue weighted by atomic mass is 10.1. The lowest BCUT2D eigenvalue weighted by Gasteiger charge is -2.07. The monoisotopic (exact) mass is 692 g/mol. The number of hydrogen-bond donors (Lipinski definition) is 10. The molecule has 0 radical (unpaired) electrons. The van der Waals surface area contributed by atoms with Gasteiger partial charge in [0.15, 0.2) is 0 Å². The number of aromatic carboxylic acids is 1. The molecule has 0 aliphatic carbocycles. The molecule has 2 aliphatic rings. The first-order valence-electron chi connectivity index (χ1n) is 15.2. The zero-order chi connectivity index (χ0) is 37.8. The van der Waals surface area contributed by atoms with E-state index in [4.69, 9.17) is 36.9 Å². The molecule has 8 bridgehead atoms. The van der Waals surface area contributed by atoms with Crippen LogP contribution in [0.4, 0.5) is 0 Å². The highest BCUT2D eigenvalue weighted by atomic mass is 16.4. The number of aliphatic hydroxyl groups is 2. The summed E-state index contributed by atoms with van der Waals surface area (Å²) in [6.45, 7) is 10.7. The average Bonchev–Trinajstić information content (AvgIpc) is 3.76. The fourth-order valence-corrected chi connectivity index (χ4v) is 4.64. The van der Waals surface area contributed by atoms with Gasteiger partial charge in [0.25, 0.3) is 0 Å². The number of aromatic nitrogens is 4. The first kappa shape index (κ1) is 38.8. The van der Waals surface area contributed by atoms with Crippen molar-refractivity contribution in [3.05, 3.63) is 69.8 Å². The summed E-state index contributed by atoms with van der Waals surface area (Å²) >= 11 is 0. The van der Waals surface area contributed by atoms with E-state index in [-0.39, 0.29) is 22.3 Å². The van der Waals surface area contributed by atoms with Crippen LogP contribution >= 0.6 is 0 Å². The molecule has 0 unspecified atom stereocenters. The van der Waals surface area contributed by atoms with Gasteiger partial charge in [0.05, 0.1) is 51.6 Å². The zero-order valence-corrected chi connectivity index (χ0v) is 28.1. The van der Waals surface area contributed by atoms with Crippen LogP contribution in [0.2, 0.25) is 0 Å². The fourth-order valence-electron chi connectivity index (χ4n) is 4.64.